The van der Waals surface area contributed by atoms with Gasteiger partial charge < -0.3 is 11.1 Å². The number of hydrogen-bond donors (Lipinski definition) is 4. The van der Waals surface area contributed by atoms with Gasteiger partial charge in [-0.2, -0.15) is 0 Å². The van der Waals surface area contributed by atoms with Crippen LogP contribution >= 0.6 is 0 Å². The van der Waals surface area contributed by atoms with Gasteiger partial charge in [0.2, 0.25) is 0 Å². The van der Waals surface area contributed by atoms with Crippen molar-refractivity contribution in [2.45, 2.75) is 99.6 Å². The molecule has 2 aliphatic rings. The van der Waals surface area contributed by atoms with Gasteiger partial charge in [0.25, 0.3) is 0 Å². The van der Waals surface area contributed by atoms with E-state index >= 15 is 0 Å². The molecule has 4 unspecified atom stereocenters. The zero-order valence-electron chi connectivity index (χ0n) is 42.8. The van der Waals surface area contributed by atoms with E-state index in [1.54, 1.807) is 12.2 Å². The summed E-state index contributed by atoms with van der Waals surface area (Å²) in [6.45, 7) is 24.9. The largest absolute Gasteiger partial charge is 0.366 e. The minimum absolute atomic E-state index is 0.0287. The summed E-state index contributed by atoms with van der Waals surface area (Å²) in [5, 5.41) is 19.1. The molecule has 69 heavy (non-hydrogen) atoms. The van der Waals surface area contributed by atoms with Crippen molar-refractivity contribution >= 4 is 32.3 Å². The van der Waals surface area contributed by atoms with Crippen LogP contribution in [-0.4, -0.2) is 0 Å². The summed E-state index contributed by atoms with van der Waals surface area (Å²) in [5.74, 6) is 0. The predicted molar refractivity (Wildman–Crippen MR) is 305 cm³/mol. The number of nitrogens with two attached hydrogens (primary N) is 1. The molecule has 0 amide bonds. The third kappa shape index (κ3) is 14.8. The topological polar surface area (TPSA) is 62.1 Å². The second-order valence-corrected chi connectivity index (χ2v) is 16.2. The van der Waals surface area contributed by atoms with Crippen molar-refractivity contribution in [3.8, 4) is 0 Å². The second-order valence-electron chi connectivity index (χ2n) is 16.2. The summed E-state index contributed by atoms with van der Waals surface area (Å²) in [6.07, 6.45) is 21.6. The molecular formula is C65H78N4. The van der Waals surface area contributed by atoms with Gasteiger partial charge in [-0.15, -0.1) is 0 Å². The van der Waals surface area contributed by atoms with Crippen molar-refractivity contribution in [3.63, 3.8) is 0 Å². The first-order valence-electron chi connectivity index (χ1n) is 24.9. The molecule has 1 aliphatic heterocycles. The molecule has 4 nitrogen and oxygen atoms in total. The Morgan fingerprint density at radius 3 is 1.83 bits per heavy atom. The monoisotopic (exact) mass is 915 g/mol. The van der Waals surface area contributed by atoms with E-state index < -0.39 is 0 Å². The number of fused-ring (bicyclic) bond motifs is 3. The van der Waals surface area contributed by atoms with Gasteiger partial charge >= 0.3 is 0 Å². The van der Waals surface area contributed by atoms with Gasteiger partial charge in [0.15, 0.2) is 0 Å². The minimum atomic E-state index is -0.371. The molecule has 358 valence electrons. The van der Waals surface area contributed by atoms with Crippen molar-refractivity contribution in [3.05, 3.63) is 264 Å². The fourth-order valence-corrected chi connectivity index (χ4v) is 8.46. The average molecular weight is 915 g/mol. The fourth-order valence-electron chi connectivity index (χ4n) is 8.46. The minimum Gasteiger partial charge on any atom is -0.366 e. The lowest BCUT2D eigenvalue weighted by atomic mass is 9.86. The molecule has 5 N–H and O–H groups in total. The SMILES string of the molecule is C/C=C\C.C/C=C\C=C/C.C=CC=C.CC.CC.Cc1ccccc1C(NC(N)c1ccc2cc(C3NC4=C(CCC=C4)C(c4cccc5ccccc45)N3)ccc2c1)c1cccc2ccccc12. The van der Waals surface area contributed by atoms with Crippen LogP contribution in [0.3, 0.4) is 0 Å². The normalized spacial score (nSPS) is 15.7. The highest BCUT2D eigenvalue weighted by molar-refractivity contribution is 5.88. The first kappa shape index (κ1) is 54.8. The molecule has 1 heterocycles. The molecule has 0 saturated heterocycles. The first-order chi connectivity index (χ1) is 33.8. The van der Waals surface area contributed by atoms with Crippen LogP contribution in [0, 0.1) is 6.92 Å². The second kappa shape index (κ2) is 29.8. The number of rotatable bonds is 9. The molecule has 9 rings (SSSR count). The summed E-state index contributed by atoms with van der Waals surface area (Å²) in [6, 6.07) is 52.6. The molecule has 0 fully saturated rings. The predicted octanol–water partition coefficient (Wildman–Crippen LogP) is 17.5. The molecule has 7 aromatic carbocycles. The first-order valence-corrected chi connectivity index (χ1v) is 24.9. The highest BCUT2D eigenvalue weighted by Gasteiger charge is 2.31. The molecular weight excluding hydrogens is 837 g/mol. The van der Waals surface area contributed by atoms with E-state index in [2.05, 4.69) is 194 Å². The van der Waals surface area contributed by atoms with Crippen LogP contribution in [0.15, 0.2) is 231 Å². The lowest BCUT2D eigenvalue weighted by Crippen LogP contribution is -2.42. The van der Waals surface area contributed by atoms with Crippen LogP contribution in [0.25, 0.3) is 32.3 Å². The van der Waals surface area contributed by atoms with Crippen LogP contribution in [0.5, 0.6) is 0 Å². The smallest absolute Gasteiger partial charge is 0.104 e. The van der Waals surface area contributed by atoms with E-state index in [9.17, 15) is 0 Å². The number of allylic oxidation sites excluding steroid dienone is 10. The van der Waals surface area contributed by atoms with E-state index in [1.807, 2.05) is 91.8 Å². The van der Waals surface area contributed by atoms with Crippen LogP contribution in [-0.2, 0) is 0 Å². The number of aryl methyl sites for hydroxylation is 1. The van der Waals surface area contributed by atoms with Gasteiger partial charge in [0, 0.05) is 5.70 Å². The Bertz CT molecular complexity index is 2810. The van der Waals surface area contributed by atoms with Crippen molar-refractivity contribution in [2.24, 2.45) is 5.73 Å². The maximum absolute atomic E-state index is 7.03. The fraction of sp³-hybridized carbons (Fsp3) is 0.231. The van der Waals surface area contributed by atoms with Crippen LogP contribution in [0.4, 0.5) is 0 Å². The van der Waals surface area contributed by atoms with Gasteiger partial charge in [0.1, 0.15) is 6.17 Å². The highest BCUT2D eigenvalue weighted by Crippen LogP contribution is 2.40. The summed E-state index contributed by atoms with van der Waals surface area (Å²) in [5.41, 5.74) is 17.0. The van der Waals surface area contributed by atoms with Crippen molar-refractivity contribution in [2.75, 3.05) is 0 Å². The van der Waals surface area contributed by atoms with E-state index in [4.69, 9.17) is 5.73 Å². The van der Waals surface area contributed by atoms with Gasteiger partial charge in [-0.05, 0) is 137 Å². The zero-order valence-corrected chi connectivity index (χ0v) is 42.8. The van der Waals surface area contributed by atoms with Crippen LogP contribution in [0.1, 0.15) is 126 Å². The molecule has 1 aliphatic carbocycles. The molecule has 0 spiro atoms. The van der Waals surface area contributed by atoms with Crippen molar-refractivity contribution in [1.29, 1.82) is 0 Å². The van der Waals surface area contributed by atoms with E-state index in [-0.39, 0.29) is 24.4 Å². The quantitative estimate of drug-likeness (QED) is 0.0662. The molecule has 0 radical (unpaired) electrons. The maximum atomic E-state index is 7.03. The van der Waals surface area contributed by atoms with Gasteiger partial charge in [-0.3, -0.25) is 10.6 Å². The maximum Gasteiger partial charge on any atom is 0.104 e. The summed E-state index contributed by atoms with van der Waals surface area (Å²) in [7, 11) is 0. The van der Waals surface area contributed by atoms with Gasteiger partial charge in [0.05, 0.1) is 18.2 Å². The summed E-state index contributed by atoms with van der Waals surface area (Å²) in [4.78, 5) is 0. The van der Waals surface area contributed by atoms with Crippen LogP contribution in [0.2, 0.25) is 0 Å². The van der Waals surface area contributed by atoms with E-state index in [0.717, 1.165) is 18.4 Å². The third-order valence-electron chi connectivity index (χ3n) is 11.9. The molecule has 4 atom stereocenters. The Kier molecular flexibility index (Phi) is 23.7. The Labute approximate surface area is 415 Å². The Balaban J connectivity index is 0.000000501. The standard InChI is InChI=1S/C47H42N4.C6H10.C4H8.C4H6.2C2H6/c1-30-12-2-5-17-37(30)44(40-21-10-15-31-13-3-6-18-38(31)40)50-46(48)35-26-24-34-29-36(27-25-33(34)28-35)47-49-43-23-9-8-20-42(43)45(51-47)41-22-11-16-32-14-4-7-19-39(32)41;1-3-5-6-4-2;2*1-3-4-2;2*1-2/h2-7,9-19,21-29,44-47,49-51H,8,20,48H2,1H3;3-6H,1-2H3;3-4H,1-2H3;3-4H,1-2H2;2*1-2H3/b;5-3-,6-4-;4-3-;;;. The van der Waals surface area contributed by atoms with Gasteiger partial charge in [-0.1, -0.05) is 229 Å². The van der Waals surface area contributed by atoms with Crippen molar-refractivity contribution in [1.82, 2.24) is 16.0 Å². The molecule has 0 saturated carbocycles. The van der Waals surface area contributed by atoms with E-state index in [0.29, 0.717) is 0 Å². The summed E-state index contributed by atoms with van der Waals surface area (Å²) < 4.78 is 0. The Hall–Kier alpha value is -6.82. The van der Waals surface area contributed by atoms with Gasteiger partial charge in [-0.25, -0.2) is 0 Å². The Morgan fingerprint density at radius 1 is 0.609 bits per heavy atom. The third-order valence-corrected chi connectivity index (χ3v) is 11.9. The molecule has 0 bridgehead atoms. The lowest BCUT2D eigenvalue weighted by Gasteiger charge is -2.38. The highest BCUT2D eigenvalue weighted by atomic mass is 15.2. The Morgan fingerprint density at radius 2 is 1.17 bits per heavy atom. The zero-order chi connectivity index (χ0) is 50.0. The number of hydrogen-bond acceptors (Lipinski definition) is 4. The van der Waals surface area contributed by atoms with Crippen molar-refractivity contribution < 1.29 is 0 Å². The molecule has 4 heteroatoms. The van der Waals surface area contributed by atoms with Crippen LogP contribution < -0.4 is 21.7 Å². The summed E-state index contributed by atoms with van der Waals surface area (Å²) >= 11 is 0. The van der Waals surface area contributed by atoms with E-state index in [1.165, 1.54) is 71.4 Å². The molecule has 7 aromatic rings. The lowest BCUT2D eigenvalue weighted by molar-refractivity contribution is 0.397. The average Bonchev–Trinajstić information content (AvgIpc) is 3.42. The number of benzene rings is 7. The number of nitrogens with one attached hydrogen (secondary N) is 3. The molecule has 0 aromatic heterocycles.